The van der Waals surface area contributed by atoms with E-state index in [4.69, 9.17) is 10.5 Å². The zero-order valence-corrected chi connectivity index (χ0v) is 12.6. The van der Waals surface area contributed by atoms with Crippen molar-refractivity contribution in [2.75, 3.05) is 37.4 Å². The molecule has 5 heteroatoms. The molecule has 1 rings (SSSR count). The second-order valence-corrected chi connectivity index (χ2v) is 4.94. The summed E-state index contributed by atoms with van der Waals surface area (Å²) in [5.74, 6) is -0.000162. The van der Waals surface area contributed by atoms with Crippen molar-refractivity contribution in [2.24, 2.45) is 0 Å². The standard InChI is InChI=1S/C15H25N3O2/c1-4-9-18(14-7-5-13(16)6-8-14)10-15(19)17-12(2)11-20-3/h5-8,12H,4,9-11,16H2,1-3H3,(H,17,19). The van der Waals surface area contributed by atoms with Gasteiger partial charge in [-0.2, -0.15) is 0 Å². The predicted octanol–water partition coefficient (Wildman–Crippen LogP) is 1.64. The molecular weight excluding hydrogens is 254 g/mol. The normalized spacial score (nSPS) is 11.9. The molecule has 0 aliphatic rings. The number of amides is 1. The fourth-order valence-corrected chi connectivity index (χ4v) is 2.04. The van der Waals surface area contributed by atoms with Crippen LogP contribution in [0, 0.1) is 0 Å². The highest BCUT2D eigenvalue weighted by molar-refractivity contribution is 5.81. The molecule has 1 unspecified atom stereocenters. The maximum atomic E-state index is 12.0. The van der Waals surface area contributed by atoms with Gasteiger partial charge in [0.15, 0.2) is 0 Å². The first-order valence-electron chi connectivity index (χ1n) is 6.95. The number of ether oxygens (including phenoxy) is 1. The third-order valence-electron chi connectivity index (χ3n) is 2.91. The molecule has 0 bridgehead atoms. The predicted molar refractivity (Wildman–Crippen MR) is 82.8 cm³/mol. The van der Waals surface area contributed by atoms with Crippen LogP contribution in [0.15, 0.2) is 24.3 Å². The van der Waals surface area contributed by atoms with Crippen molar-refractivity contribution in [3.8, 4) is 0 Å². The largest absolute Gasteiger partial charge is 0.399 e. The zero-order valence-electron chi connectivity index (χ0n) is 12.6. The van der Waals surface area contributed by atoms with Crippen molar-refractivity contribution in [2.45, 2.75) is 26.3 Å². The van der Waals surface area contributed by atoms with Gasteiger partial charge in [0.2, 0.25) is 5.91 Å². The lowest BCUT2D eigenvalue weighted by molar-refractivity contribution is -0.120. The number of carbonyl (C=O) groups excluding carboxylic acids is 1. The highest BCUT2D eigenvalue weighted by atomic mass is 16.5. The summed E-state index contributed by atoms with van der Waals surface area (Å²) in [4.78, 5) is 14.1. The highest BCUT2D eigenvalue weighted by Crippen LogP contribution is 2.16. The molecule has 5 nitrogen and oxygen atoms in total. The number of benzene rings is 1. The second-order valence-electron chi connectivity index (χ2n) is 4.94. The van der Waals surface area contributed by atoms with Crippen molar-refractivity contribution >= 4 is 17.3 Å². The molecule has 3 N–H and O–H groups in total. The zero-order chi connectivity index (χ0) is 15.0. The van der Waals surface area contributed by atoms with Gasteiger partial charge in [-0.3, -0.25) is 4.79 Å². The first-order valence-corrected chi connectivity index (χ1v) is 6.95. The minimum atomic E-state index is -0.000162. The van der Waals surface area contributed by atoms with Crippen molar-refractivity contribution in [3.05, 3.63) is 24.3 Å². The van der Waals surface area contributed by atoms with Gasteiger partial charge >= 0.3 is 0 Å². The highest BCUT2D eigenvalue weighted by Gasteiger charge is 2.12. The van der Waals surface area contributed by atoms with E-state index in [1.807, 2.05) is 36.1 Å². The monoisotopic (exact) mass is 279 g/mol. The number of nitrogens with two attached hydrogens (primary N) is 1. The molecule has 0 heterocycles. The summed E-state index contributed by atoms with van der Waals surface area (Å²) < 4.78 is 5.01. The Labute approximate surface area is 121 Å². The summed E-state index contributed by atoms with van der Waals surface area (Å²) in [6.45, 7) is 5.70. The maximum absolute atomic E-state index is 12.0. The van der Waals surface area contributed by atoms with Crippen LogP contribution < -0.4 is 16.0 Å². The molecule has 0 aliphatic heterocycles. The lowest BCUT2D eigenvalue weighted by atomic mass is 10.2. The van der Waals surface area contributed by atoms with Crippen LogP contribution in [0.1, 0.15) is 20.3 Å². The van der Waals surface area contributed by atoms with Crippen LogP contribution in [-0.4, -0.2) is 38.8 Å². The molecule has 1 atom stereocenters. The van der Waals surface area contributed by atoms with Gasteiger partial charge in [-0.05, 0) is 37.6 Å². The third-order valence-corrected chi connectivity index (χ3v) is 2.91. The summed E-state index contributed by atoms with van der Waals surface area (Å²) >= 11 is 0. The number of nitrogens with zero attached hydrogens (tertiary/aromatic N) is 1. The first kappa shape index (κ1) is 16.3. The average Bonchev–Trinajstić information content (AvgIpc) is 2.39. The van der Waals surface area contributed by atoms with Crippen LogP contribution in [-0.2, 0) is 9.53 Å². The van der Waals surface area contributed by atoms with Crippen LogP contribution >= 0.6 is 0 Å². The molecule has 0 spiro atoms. The Morgan fingerprint density at radius 3 is 2.60 bits per heavy atom. The Balaban J connectivity index is 2.62. The van der Waals surface area contributed by atoms with E-state index in [0.717, 1.165) is 24.3 Å². The number of carbonyl (C=O) groups is 1. The van der Waals surface area contributed by atoms with Gasteiger partial charge in [0.05, 0.1) is 13.2 Å². The SMILES string of the molecule is CCCN(CC(=O)NC(C)COC)c1ccc(N)cc1. The Kier molecular flexibility index (Phi) is 6.87. The van der Waals surface area contributed by atoms with Crippen molar-refractivity contribution < 1.29 is 9.53 Å². The van der Waals surface area contributed by atoms with E-state index in [-0.39, 0.29) is 11.9 Å². The Bertz CT molecular complexity index is 406. The van der Waals surface area contributed by atoms with Crippen LogP contribution in [0.5, 0.6) is 0 Å². The number of hydrogen-bond donors (Lipinski definition) is 2. The topological polar surface area (TPSA) is 67.6 Å². The summed E-state index contributed by atoms with van der Waals surface area (Å²) in [5.41, 5.74) is 7.42. The number of rotatable bonds is 8. The van der Waals surface area contributed by atoms with E-state index in [9.17, 15) is 4.79 Å². The van der Waals surface area contributed by atoms with Crippen LogP contribution in [0.3, 0.4) is 0 Å². The van der Waals surface area contributed by atoms with Gasteiger partial charge in [0, 0.05) is 31.1 Å². The summed E-state index contributed by atoms with van der Waals surface area (Å²) in [7, 11) is 1.63. The van der Waals surface area contributed by atoms with Gasteiger partial charge in [-0.1, -0.05) is 6.92 Å². The van der Waals surface area contributed by atoms with Gasteiger partial charge in [-0.25, -0.2) is 0 Å². The fourth-order valence-electron chi connectivity index (χ4n) is 2.04. The molecule has 112 valence electrons. The number of hydrogen-bond acceptors (Lipinski definition) is 4. The molecule has 1 amide bonds. The molecule has 0 aliphatic carbocycles. The van der Waals surface area contributed by atoms with Crippen molar-refractivity contribution in [1.82, 2.24) is 5.32 Å². The van der Waals surface area contributed by atoms with Crippen LogP contribution in [0.25, 0.3) is 0 Å². The molecule has 20 heavy (non-hydrogen) atoms. The van der Waals surface area contributed by atoms with E-state index in [2.05, 4.69) is 12.2 Å². The molecule has 1 aromatic rings. The molecule has 0 fully saturated rings. The molecule has 0 saturated heterocycles. The van der Waals surface area contributed by atoms with Gasteiger partial charge in [0.25, 0.3) is 0 Å². The van der Waals surface area contributed by atoms with Crippen molar-refractivity contribution in [3.63, 3.8) is 0 Å². The summed E-state index contributed by atoms with van der Waals surface area (Å²) in [6, 6.07) is 7.60. The molecule has 1 aromatic carbocycles. The van der Waals surface area contributed by atoms with Gasteiger partial charge < -0.3 is 20.7 Å². The van der Waals surface area contributed by atoms with Crippen LogP contribution in [0.2, 0.25) is 0 Å². The number of anilines is 2. The Morgan fingerprint density at radius 1 is 1.40 bits per heavy atom. The lowest BCUT2D eigenvalue weighted by Gasteiger charge is -2.24. The number of nitrogens with one attached hydrogen (secondary N) is 1. The van der Waals surface area contributed by atoms with E-state index < -0.39 is 0 Å². The Hall–Kier alpha value is -1.75. The van der Waals surface area contributed by atoms with E-state index in [1.165, 1.54) is 0 Å². The van der Waals surface area contributed by atoms with Gasteiger partial charge in [-0.15, -0.1) is 0 Å². The maximum Gasteiger partial charge on any atom is 0.239 e. The van der Waals surface area contributed by atoms with E-state index >= 15 is 0 Å². The fraction of sp³-hybridized carbons (Fsp3) is 0.533. The first-order chi connectivity index (χ1) is 9.56. The lowest BCUT2D eigenvalue weighted by Crippen LogP contribution is -2.43. The molecule has 0 aromatic heterocycles. The quantitative estimate of drug-likeness (QED) is 0.710. The smallest absolute Gasteiger partial charge is 0.239 e. The Morgan fingerprint density at radius 2 is 2.05 bits per heavy atom. The minimum absolute atomic E-state index is 0.000162. The molecular formula is C15H25N3O2. The number of methoxy groups -OCH3 is 1. The molecule has 0 saturated carbocycles. The second kappa shape index (κ2) is 8.43. The van der Waals surface area contributed by atoms with Gasteiger partial charge in [0.1, 0.15) is 0 Å². The summed E-state index contributed by atoms with van der Waals surface area (Å²) in [5, 5.41) is 2.92. The van der Waals surface area contributed by atoms with Crippen LogP contribution in [0.4, 0.5) is 11.4 Å². The number of nitrogen functional groups attached to an aromatic ring is 1. The van der Waals surface area contributed by atoms with E-state index in [1.54, 1.807) is 7.11 Å². The third kappa shape index (κ3) is 5.48. The minimum Gasteiger partial charge on any atom is -0.399 e. The summed E-state index contributed by atoms with van der Waals surface area (Å²) in [6.07, 6.45) is 0.977. The average molecular weight is 279 g/mol. The molecule has 0 radical (unpaired) electrons. The van der Waals surface area contributed by atoms with Crippen molar-refractivity contribution in [1.29, 1.82) is 0 Å². The van der Waals surface area contributed by atoms with E-state index in [0.29, 0.717) is 13.2 Å².